The quantitative estimate of drug-likeness (QED) is 0.372. The molecule has 0 spiro atoms. The minimum absolute atomic E-state index is 0.103. The monoisotopic (exact) mass is 278 g/mol. The lowest BCUT2D eigenvalue weighted by atomic mass is 10.1. The Bertz CT molecular complexity index is 344. The van der Waals surface area contributed by atoms with E-state index in [1.54, 1.807) is 14.2 Å². The lowest BCUT2D eigenvalue weighted by Crippen LogP contribution is -2.20. The summed E-state index contributed by atoms with van der Waals surface area (Å²) in [6.45, 7) is 3.77. The molecule has 1 aromatic rings. The highest BCUT2D eigenvalue weighted by Gasteiger charge is 2.04. The maximum atomic E-state index is 5.23. The van der Waals surface area contributed by atoms with Gasteiger partial charge in [0, 0.05) is 14.2 Å². The molecule has 1 rings (SSSR count). The SMILES string of the molecule is C=Cc1ccc(CCCCC[SiH2]C(OC)OC)cc1. The summed E-state index contributed by atoms with van der Waals surface area (Å²) in [5.41, 5.74) is 2.62. The second kappa shape index (κ2) is 9.95. The van der Waals surface area contributed by atoms with E-state index in [-0.39, 0.29) is 15.4 Å². The molecule has 0 aromatic heterocycles. The fraction of sp³-hybridized carbons (Fsp3) is 0.500. The van der Waals surface area contributed by atoms with Crippen LogP contribution in [0.2, 0.25) is 6.04 Å². The second-order valence-electron chi connectivity index (χ2n) is 4.80. The average Bonchev–Trinajstić information content (AvgIpc) is 2.47. The predicted molar refractivity (Wildman–Crippen MR) is 85.2 cm³/mol. The van der Waals surface area contributed by atoms with Crippen LogP contribution in [-0.4, -0.2) is 29.7 Å². The Labute approximate surface area is 119 Å². The molecule has 0 heterocycles. The van der Waals surface area contributed by atoms with Crippen molar-refractivity contribution < 1.29 is 9.47 Å². The molecule has 0 aliphatic rings. The van der Waals surface area contributed by atoms with E-state index in [4.69, 9.17) is 9.47 Å². The Balaban J connectivity index is 2.08. The Kier molecular flexibility index (Phi) is 8.46. The molecule has 0 radical (unpaired) electrons. The van der Waals surface area contributed by atoms with Crippen molar-refractivity contribution in [1.29, 1.82) is 0 Å². The van der Waals surface area contributed by atoms with E-state index in [1.165, 1.54) is 42.9 Å². The van der Waals surface area contributed by atoms with Crippen LogP contribution in [0.5, 0.6) is 0 Å². The van der Waals surface area contributed by atoms with E-state index < -0.39 is 0 Å². The average molecular weight is 278 g/mol. The first-order valence-electron chi connectivity index (χ1n) is 7.07. The van der Waals surface area contributed by atoms with Crippen LogP contribution in [0.1, 0.15) is 30.4 Å². The standard InChI is InChI=1S/C16H26O2Si/c1-4-14-9-11-15(12-10-14)8-6-5-7-13-19-16(17-2)18-3/h4,9-12,16H,1,5-8,13,19H2,2-3H3. The fourth-order valence-electron chi connectivity index (χ4n) is 2.15. The van der Waals surface area contributed by atoms with E-state index in [1.807, 2.05) is 6.08 Å². The summed E-state index contributed by atoms with van der Waals surface area (Å²) in [5, 5.41) is 0. The third-order valence-electron chi connectivity index (χ3n) is 3.40. The molecular formula is C16H26O2Si. The largest absolute Gasteiger partial charge is 0.360 e. The van der Waals surface area contributed by atoms with E-state index in [2.05, 4.69) is 30.8 Å². The van der Waals surface area contributed by atoms with Crippen molar-refractivity contribution in [3.8, 4) is 0 Å². The van der Waals surface area contributed by atoms with Gasteiger partial charge in [-0.25, -0.2) is 0 Å². The third-order valence-corrected chi connectivity index (χ3v) is 5.44. The van der Waals surface area contributed by atoms with Crippen LogP contribution in [0.15, 0.2) is 30.8 Å². The maximum absolute atomic E-state index is 5.23. The molecular weight excluding hydrogens is 252 g/mol. The van der Waals surface area contributed by atoms with Crippen LogP contribution >= 0.6 is 0 Å². The molecule has 0 atom stereocenters. The van der Waals surface area contributed by atoms with Crippen molar-refractivity contribution in [2.24, 2.45) is 0 Å². The van der Waals surface area contributed by atoms with Crippen LogP contribution in [0, 0.1) is 0 Å². The molecule has 0 amide bonds. The third kappa shape index (κ3) is 6.71. The van der Waals surface area contributed by atoms with E-state index >= 15 is 0 Å². The maximum Gasteiger partial charge on any atom is 0.134 e. The van der Waals surface area contributed by atoms with Gasteiger partial charge in [0.1, 0.15) is 5.91 Å². The van der Waals surface area contributed by atoms with Gasteiger partial charge in [-0.2, -0.15) is 0 Å². The second-order valence-corrected chi connectivity index (χ2v) is 6.75. The fourth-order valence-corrected chi connectivity index (χ4v) is 3.59. The molecule has 1 aromatic carbocycles. The van der Waals surface area contributed by atoms with Gasteiger partial charge in [-0.1, -0.05) is 55.8 Å². The summed E-state index contributed by atoms with van der Waals surface area (Å²) >= 11 is 0. The van der Waals surface area contributed by atoms with E-state index in [9.17, 15) is 0 Å². The first-order valence-corrected chi connectivity index (χ1v) is 8.88. The predicted octanol–water partition coefficient (Wildman–Crippen LogP) is 3.21. The van der Waals surface area contributed by atoms with Gasteiger partial charge < -0.3 is 9.47 Å². The minimum atomic E-state index is -0.230. The van der Waals surface area contributed by atoms with E-state index in [0.29, 0.717) is 0 Å². The van der Waals surface area contributed by atoms with Crippen molar-refractivity contribution in [2.45, 2.75) is 37.6 Å². The van der Waals surface area contributed by atoms with Crippen LogP contribution in [0.4, 0.5) is 0 Å². The highest BCUT2D eigenvalue weighted by molar-refractivity contribution is 6.36. The van der Waals surface area contributed by atoms with Crippen LogP contribution in [0.3, 0.4) is 0 Å². The van der Waals surface area contributed by atoms with Gasteiger partial charge in [0.2, 0.25) is 0 Å². The molecule has 0 saturated heterocycles. The van der Waals surface area contributed by atoms with Gasteiger partial charge in [0.25, 0.3) is 0 Å². The first kappa shape index (κ1) is 16.2. The molecule has 0 unspecified atom stereocenters. The topological polar surface area (TPSA) is 18.5 Å². The number of benzene rings is 1. The van der Waals surface area contributed by atoms with Crippen molar-refractivity contribution in [2.75, 3.05) is 14.2 Å². The lowest BCUT2D eigenvalue weighted by molar-refractivity contribution is -0.0441. The number of methoxy groups -OCH3 is 2. The van der Waals surface area contributed by atoms with Crippen molar-refractivity contribution in [3.05, 3.63) is 42.0 Å². The van der Waals surface area contributed by atoms with Crippen molar-refractivity contribution in [1.82, 2.24) is 0 Å². The van der Waals surface area contributed by atoms with Crippen LogP contribution < -0.4 is 0 Å². The van der Waals surface area contributed by atoms with Crippen LogP contribution in [-0.2, 0) is 15.9 Å². The van der Waals surface area contributed by atoms with Gasteiger partial charge in [-0.3, -0.25) is 0 Å². The normalized spacial score (nSPS) is 11.5. The molecule has 0 aliphatic heterocycles. The zero-order valence-electron chi connectivity index (χ0n) is 12.2. The Morgan fingerprint density at radius 3 is 2.37 bits per heavy atom. The molecule has 3 heteroatoms. The first-order chi connectivity index (χ1) is 9.30. The minimum Gasteiger partial charge on any atom is -0.360 e. The van der Waals surface area contributed by atoms with Gasteiger partial charge in [0.15, 0.2) is 0 Å². The highest BCUT2D eigenvalue weighted by atomic mass is 28.2. The Morgan fingerprint density at radius 2 is 1.79 bits per heavy atom. The summed E-state index contributed by atoms with van der Waals surface area (Å²) in [4.78, 5) is 0. The van der Waals surface area contributed by atoms with Gasteiger partial charge in [0.05, 0.1) is 9.52 Å². The molecule has 0 N–H and O–H groups in total. The van der Waals surface area contributed by atoms with Crippen molar-refractivity contribution >= 4 is 15.6 Å². The molecule has 2 nitrogen and oxygen atoms in total. The summed E-state index contributed by atoms with van der Waals surface area (Å²) in [6, 6.07) is 9.99. The van der Waals surface area contributed by atoms with E-state index in [0.717, 1.165) is 0 Å². The number of ether oxygens (including phenoxy) is 2. The zero-order chi connectivity index (χ0) is 13.9. The van der Waals surface area contributed by atoms with Gasteiger partial charge >= 0.3 is 0 Å². The molecule has 0 aliphatic carbocycles. The number of unbranched alkanes of at least 4 members (excludes halogenated alkanes) is 2. The molecule has 106 valence electrons. The summed E-state index contributed by atoms with van der Waals surface area (Å²) in [7, 11) is 3.23. The summed E-state index contributed by atoms with van der Waals surface area (Å²) in [6.07, 6.45) is 6.94. The number of hydrogen-bond acceptors (Lipinski definition) is 2. The number of hydrogen-bond donors (Lipinski definition) is 0. The molecule has 0 saturated carbocycles. The van der Waals surface area contributed by atoms with Gasteiger partial charge in [-0.05, 0) is 24.0 Å². The Hall–Kier alpha value is -0.903. The summed E-state index contributed by atoms with van der Waals surface area (Å²) in [5.74, 6) is 0.103. The summed E-state index contributed by atoms with van der Waals surface area (Å²) < 4.78 is 10.5. The molecule has 0 fully saturated rings. The Morgan fingerprint density at radius 1 is 1.11 bits per heavy atom. The smallest absolute Gasteiger partial charge is 0.134 e. The zero-order valence-corrected chi connectivity index (χ0v) is 13.6. The number of rotatable bonds is 10. The van der Waals surface area contributed by atoms with Crippen molar-refractivity contribution in [3.63, 3.8) is 0 Å². The highest BCUT2D eigenvalue weighted by Crippen LogP contribution is 2.10. The van der Waals surface area contributed by atoms with Gasteiger partial charge in [-0.15, -0.1) is 0 Å². The number of aryl methyl sites for hydroxylation is 1. The lowest BCUT2D eigenvalue weighted by Gasteiger charge is -2.12. The van der Waals surface area contributed by atoms with Crippen LogP contribution in [0.25, 0.3) is 6.08 Å². The molecule has 0 bridgehead atoms. The molecule has 19 heavy (non-hydrogen) atoms.